The first kappa shape index (κ1) is 12.5. The molecule has 1 atom stereocenters. The first-order valence-electron chi connectivity index (χ1n) is 6.03. The Morgan fingerprint density at radius 1 is 1.47 bits per heavy atom. The molecule has 88 valence electrons. The molecule has 0 amide bonds. The molecule has 0 aromatic rings. The predicted molar refractivity (Wildman–Crippen MR) is 60.9 cm³/mol. The zero-order valence-electron chi connectivity index (χ0n) is 10.1. The van der Waals surface area contributed by atoms with Gasteiger partial charge in [0.15, 0.2) is 0 Å². The first-order valence-corrected chi connectivity index (χ1v) is 6.03. The quantitative estimate of drug-likeness (QED) is 0.762. The topological polar surface area (TPSA) is 40.5 Å². The van der Waals surface area contributed by atoms with Crippen molar-refractivity contribution < 1.29 is 9.90 Å². The average Bonchev–Trinajstić information content (AvgIpc) is 2.60. The van der Waals surface area contributed by atoms with E-state index in [2.05, 4.69) is 11.8 Å². The van der Waals surface area contributed by atoms with Gasteiger partial charge in [0, 0.05) is 12.6 Å². The van der Waals surface area contributed by atoms with Crippen molar-refractivity contribution in [3.05, 3.63) is 0 Å². The third kappa shape index (κ3) is 2.51. The van der Waals surface area contributed by atoms with Crippen LogP contribution in [0.2, 0.25) is 0 Å². The van der Waals surface area contributed by atoms with E-state index in [1.54, 1.807) is 0 Å². The molecule has 0 saturated carbocycles. The summed E-state index contributed by atoms with van der Waals surface area (Å²) in [5, 5.41) is 9.34. The largest absolute Gasteiger partial charge is 0.481 e. The Balaban J connectivity index is 2.69. The third-order valence-electron chi connectivity index (χ3n) is 4.00. The van der Waals surface area contributed by atoms with Gasteiger partial charge < -0.3 is 5.11 Å². The minimum atomic E-state index is -0.633. The number of aliphatic carboxylic acids is 1. The molecule has 0 spiro atoms. The van der Waals surface area contributed by atoms with Crippen molar-refractivity contribution in [2.45, 2.75) is 52.5 Å². The van der Waals surface area contributed by atoms with E-state index in [9.17, 15) is 9.90 Å². The summed E-state index contributed by atoms with van der Waals surface area (Å²) in [7, 11) is 0. The standard InChI is InChI=1S/C12H23NO2/c1-4-12(5-2,11(14)15)9-13-8-6-7-10(13)3/h10H,4-9H2,1-3H3,(H,14,15). The van der Waals surface area contributed by atoms with E-state index in [4.69, 9.17) is 0 Å². The van der Waals surface area contributed by atoms with Gasteiger partial charge in [-0.3, -0.25) is 9.69 Å². The van der Waals surface area contributed by atoms with Gasteiger partial charge in [0.05, 0.1) is 5.41 Å². The van der Waals surface area contributed by atoms with Gasteiger partial charge in [0.2, 0.25) is 0 Å². The van der Waals surface area contributed by atoms with Crippen LogP contribution in [-0.2, 0) is 4.79 Å². The highest BCUT2D eigenvalue weighted by molar-refractivity contribution is 5.74. The lowest BCUT2D eigenvalue weighted by atomic mass is 9.81. The Labute approximate surface area is 92.5 Å². The minimum absolute atomic E-state index is 0.529. The zero-order valence-corrected chi connectivity index (χ0v) is 10.1. The SMILES string of the molecule is CCC(CC)(CN1CCCC1C)C(=O)O. The number of nitrogens with zero attached hydrogens (tertiary/aromatic N) is 1. The van der Waals surface area contributed by atoms with Crippen LogP contribution in [0.1, 0.15) is 46.5 Å². The maximum Gasteiger partial charge on any atom is 0.310 e. The summed E-state index contributed by atoms with van der Waals surface area (Å²) in [6, 6.07) is 0.557. The van der Waals surface area contributed by atoms with E-state index in [1.165, 1.54) is 12.8 Å². The number of likely N-dealkylation sites (tertiary alicyclic amines) is 1. The third-order valence-corrected chi connectivity index (χ3v) is 4.00. The van der Waals surface area contributed by atoms with Crippen molar-refractivity contribution in [1.82, 2.24) is 4.90 Å². The van der Waals surface area contributed by atoms with Crippen molar-refractivity contribution in [2.24, 2.45) is 5.41 Å². The Hall–Kier alpha value is -0.570. The molecule has 3 nitrogen and oxygen atoms in total. The summed E-state index contributed by atoms with van der Waals surface area (Å²) in [6.45, 7) is 7.95. The molecule has 0 radical (unpaired) electrons. The molecule has 1 unspecified atom stereocenters. The van der Waals surface area contributed by atoms with Gasteiger partial charge in [-0.2, -0.15) is 0 Å². The maximum atomic E-state index is 11.4. The Morgan fingerprint density at radius 3 is 2.40 bits per heavy atom. The van der Waals surface area contributed by atoms with E-state index < -0.39 is 11.4 Å². The van der Waals surface area contributed by atoms with Gasteiger partial charge in [-0.25, -0.2) is 0 Å². The molecule has 1 heterocycles. The second-order valence-corrected chi connectivity index (χ2v) is 4.75. The van der Waals surface area contributed by atoms with Crippen LogP contribution in [0.3, 0.4) is 0 Å². The van der Waals surface area contributed by atoms with Gasteiger partial charge in [-0.15, -0.1) is 0 Å². The number of hydrogen-bond donors (Lipinski definition) is 1. The lowest BCUT2D eigenvalue weighted by molar-refractivity contribution is -0.151. The lowest BCUT2D eigenvalue weighted by Gasteiger charge is -2.33. The summed E-state index contributed by atoms with van der Waals surface area (Å²) in [4.78, 5) is 13.7. The highest BCUT2D eigenvalue weighted by Gasteiger charge is 2.38. The summed E-state index contributed by atoms with van der Waals surface area (Å²) >= 11 is 0. The Morgan fingerprint density at radius 2 is 2.07 bits per heavy atom. The van der Waals surface area contributed by atoms with Gasteiger partial charge in [-0.05, 0) is 39.2 Å². The number of carboxylic acid groups (broad SMARTS) is 1. The van der Waals surface area contributed by atoms with Crippen molar-refractivity contribution in [1.29, 1.82) is 0 Å². The number of carbonyl (C=O) groups is 1. The van der Waals surface area contributed by atoms with Crippen molar-refractivity contribution in [2.75, 3.05) is 13.1 Å². The summed E-state index contributed by atoms with van der Waals surface area (Å²) in [5.74, 6) is -0.633. The molecule has 1 aliphatic heterocycles. The molecule has 0 aliphatic carbocycles. The van der Waals surface area contributed by atoms with Crippen LogP contribution < -0.4 is 0 Å². The molecular formula is C12H23NO2. The molecule has 0 aromatic carbocycles. The fourth-order valence-corrected chi connectivity index (χ4v) is 2.46. The van der Waals surface area contributed by atoms with Crippen LogP contribution >= 0.6 is 0 Å². The predicted octanol–water partition coefficient (Wildman–Crippen LogP) is 2.36. The lowest BCUT2D eigenvalue weighted by Crippen LogP contribution is -2.43. The smallest absolute Gasteiger partial charge is 0.310 e. The fraction of sp³-hybridized carbons (Fsp3) is 0.917. The van der Waals surface area contributed by atoms with Gasteiger partial charge >= 0.3 is 5.97 Å². The second kappa shape index (κ2) is 4.97. The fourth-order valence-electron chi connectivity index (χ4n) is 2.46. The van der Waals surface area contributed by atoms with E-state index in [0.717, 1.165) is 25.9 Å². The summed E-state index contributed by atoms with van der Waals surface area (Å²) in [6.07, 6.45) is 3.87. The molecule has 1 rings (SSSR count). The molecule has 1 fully saturated rings. The van der Waals surface area contributed by atoms with Crippen molar-refractivity contribution in [3.63, 3.8) is 0 Å². The molecular weight excluding hydrogens is 190 g/mol. The van der Waals surface area contributed by atoms with Gasteiger partial charge in [-0.1, -0.05) is 13.8 Å². The van der Waals surface area contributed by atoms with Crippen LogP contribution in [0.4, 0.5) is 0 Å². The van der Waals surface area contributed by atoms with E-state index in [0.29, 0.717) is 6.04 Å². The van der Waals surface area contributed by atoms with E-state index in [1.807, 2.05) is 13.8 Å². The zero-order chi connectivity index (χ0) is 11.5. The Bertz CT molecular complexity index is 224. The van der Waals surface area contributed by atoms with Gasteiger partial charge in [0.1, 0.15) is 0 Å². The second-order valence-electron chi connectivity index (χ2n) is 4.75. The van der Waals surface area contributed by atoms with E-state index in [-0.39, 0.29) is 0 Å². The van der Waals surface area contributed by atoms with Crippen LogP contribution in [0.5, 0.6) is 0 Å². The van der Waals surface area contributed by atoms with Crippen molar-refractivity contribution >= 4 is 5.97 Å². The number of hydrogen-bond acceptors (Lipinski definition) is 2. The molecule has 1 N–H and O–H groups in total. The minimum Gasteiger partial charge on any atom is -0.481 e. The monoisotopic (exact) mass is 213 g/mol. The van der Waals surface area contributed by atoms with E-state index >= 15 is 0 Å². The molecule has 0 bridgehead atoms. The first-order chi connectivity index (χ1) is 7.05. The molecule has 0 aromatic heterocycles. The van der Waals surface area contributed by atoms with Crippen LogP contribution in [0.15, 0.2) is 0 Å². The molecule has 15 heavy (non-hydrogen) atoms. The molecule has 3 heteroatoms. The highest BCUT2D eigenvalue weighted by atomic mass is 16.4. The number of rotatable bonds is 5. The summed E-state index contributed by atoms with van der Waals surface area (Å²) in [5.41, 5.74) is -0.529. The highest BCUT2D eigenvalue weighted by Crippen LogP contribution is 2.31. The Kier molecular flexibility index (Phi) is 4.14. The van der Waals surface area contributed by atoms with Crippen LogP contribution in [0, 0.1) is 5.41 Å². The van der Waals surface area contributed by atoms with Crippen molar-refractivity contribution in [3.8, 4) is 0 Å². The van der Waals surface area contributed by atoms with Crippen LogP contribution in [0.25, 0.3) is 0 Å². The average molecular weight is 213 g/mol. The van der Waals surface area contributed by atoms with Gasteiger partial charge in [0.25, 0.3) is 0 Å². The number of carboxylic acids is 1. The maximum absolute atomic E-state index is 11.4. The van der Waals surface area contributed by atoms with Crippen LogP contribution in [-0.4, -0.2) is 35.1 Å². The molecule has 1 saturated heterocycles. The molecule has 1 aliphatic rings. The summed E-state index contributed by atoms with van der Waals surface area (Å²) < 4.78 is 0. The normalized spacial score (nSPS) is 23.3.